The maximum Gasteiger partial charge on any atom is 0.261 e. The summed E-state index contributed by atoms with van der Waals surface area (Å²) >= 11 is 0. The lowest BCUT2D eigenvalue weighted by atomic mass is 9.87. The molecule has 0 aromatic carbocycles. The zero-order valence-electron chi connectivity index (χ0n) is 15.8. The Hall–Kier alpha value is -2.48. The van der Waals surface area contributed by atoms with Gasteiger partial charge in [-0.2, -0.15) is 10.1 Å². The van der Waals surface area contributed by atoms with Gasteiger partial charge in [-0.05, 0) is 31.6 Å². The van der Waals surface area contributed by atoms with E-state index in [0.717, 1.165) is 37.2 Å². The van der Waals surface area contributed by atoms with Gasteiger partial charge in [0.15, 0.2) is 5.82 Å². The summed E-state index contributed by atoms with van der Waals surface area (Å²) in [6.45, 7) is 3.70. The summed E-state index contributed by atoms with van der Waals surface area (Å²) in [5.74, 6) is 1.63. The summed E-state index contributed by atoms with van der Waals surface area (Å²) < 4.78 is 12.6. The predicted octanol–water partition coefficient (Wildman–Crippen LogP) is 2.51. The molecule has 0 N–H and O–H groups in total. The fraction of sp³-hybridized carbons (Fsp3) is 0.579. The predicted molar refractivity (Wildman–Crippen MR) is 97.5 cm³/mol. The minimum absolute atomic E-state index is 0.0144. The number of hydrogen-bond acceptors (Lipinski definition) is 6. The van der Waals surface area contributed by atoms with Crippen molar-refractivity contribution in [1.82, 2.24) is 24.8 Å². The number of aromatic nitrogens is 4. The number of carbonyl (C=O) groups excluding carboxylic acids is 1. The van der Waals surface area contributed by atoms with E-state index in [1.165, 1.54) is 5.57 Å². The van der Waals surface area contributed by atoms with E-state index in [0.29, 0.717) is 31.5 Å². The average Bonchev–Trinajstić information content (AvgIpc) is 3.32. The van der Waals surface area contributed by atoms with Crippen molar-refractivity contribution in [3.8, 4) is 11.5 Å². The number of aryl methyl sites for hydroxylation is 1. The lowest BCUT2D eigenvalue weighted by Crippen LogP contribution is -2.43. The fourth-order valence-corrected chi connectivity index (χ4v) is 3.64. The number of ether oxygens (including phenoxy) is 1. The summed E-state index contributed by atoms with van der Waals surface area (Å²) in [7, 11) is 1.83. The Bertz CT molecular complexity index is 830. The van der Waals surface area contributed by atoms with Crippen LogP contribution in [-0.2, 0) is 16.6 Å². The highest BCUT2D eigenvalue weighted by Gasteiger charge is 2.32. The third kappa shape index (κ3) is 3.95. The third-order valence-corrected chi connectivity index (χ3v) is 5.35. The van der Waals surface area contributed by atoms with Gasteiger partial charge in [-0.25, -0.2) is 0 Å². The van der Waals surface area contributed by atoms with Crippen LogP contribution in [0.2, 0.25) is 0 Å². The van der Waals surface area contributed by atoms with Crippen molar-refractivity contribution < 1.29 is 14.1 Å². The van der Waals surface area contributed by atoms with Crippen LogP contribution in [0.25, 0.3) is 11.5 Å². The van der Waals surface area contributed by atoms with Crippen molar-refractivity contribution in [3.63, 3.8) is 0 Å². The summed E-state index contributed by atoms with van der Waals surface area (Å²) in [4.78, 5) is 19.2. The van der Waals surface area contributed by atoms with E-state index in [2.05, 4.69) is 22.2 Å². The molecular formula is C19H25N5O3. The lowest BCUT2D eigenvalue weighted by Gasteiger charge is -2.33. The molecule has 1 saturated heterocycles. The van der Waals surface area contributed by atoms with Gasteiger partial charge in [-0.15, -0.1) is 0 Å². The van der Waals surface area contributed by atoms with Gasteiger partial charge in [-0.3, -0.25) is 9.48 Å². The number of carbonyl (C=O) groups is 1. The second kappa shape index (κ2) is 7.64. The smallest absolute Gasteiger partial charge is 0.261 e. The molecule has 144 valence electrons. The molecule has 1 aliphatic heterocycles. The first-order chi connectivity index (χ1) is 13.1. The van der Waals surface area contributed by atoms with E-state index in [-0.39, 0.29) is 11.9 Å². The summed E-state index contributed by atoms with van der Waals surface area (Å²) in [5, 5.41) is 8.22. The van der Waals surface area contributed by atoms with Crippen molar-refractivity contribution in [2.24, 2.45) is 13.0 Å². The molecule has 1 atom stereocenters. The number of nitrogens with zero attached hydrogens (tertiary/aromatic N) is 5. The molecule has 2 aromatic rings. The molecular weight excluding hydrogens is 346 g/mol. The van der Waals surface area contributed by atoms with Crippen molar-refractivity contribution in [2.45, 2.75) is 38.6 Å². The molecule has 0 spiro atoms. The number of hydrogen-bond donors (Lipinski definition) is 0. The van der Waals surface area contributed by atoms with Gasteiger partial charge >= 0.3 is 0 Å². The van der Waals surface area contributed by atoms with E-state index in [1.54, 1.807) is 15.8 Å². The monoisotopic (exact) mass is 371 g/mol. The van der Waals surface area contributed by atoms with Gasteiger partial charge in [0.1, 0.15) is 6.04 Å². The first kappa shape index (κ1) is 17.9. The molecule has 3 heterocycles. The highest BCUT2D eigenvalue weighted by atomic mass is 16.5. The van der Waals surface area contributed by atoms with Crippen LogP contribution in [0.4, 0.5) is 0 Å². The van der Waals surface area contributed by atoms with Crippen LogP contribution in [0, 0.1) is 5.92 Å². The highest BCUT2D eigenvalue weighted by molar-refractivity contribution is 5.88. The topological polar surface area (TPSA) is 86.3 Å². The van der Waals surface area contributed by atoms with Crippen LogP contribution in [0.3, 0.4) is 0 Å². The molecule has 27 heavy (non-hydrogen) atoms. The molecule has 0 bridgehead atoms. The summed E-state index contributed by atoms with van der Waals surface area (Å²) in [6.07, 6.45) is 9.63. The number of allylic oxidation sites excluding steroid dienone is 1. The molecule has 2 aromatic heterocycles. The zero-order chi connectivity index (χ0) is 18.8. The van der Waals surface area contributed by atoms with Gasteiger partial charge in [-0.1, -0.05) is 17.7 Å². The quantitative estimate of drug-likeness (QED) is 0.771. The van der Waals surface area contributed by atoms with Crippen LogP contribution in [0.15, 0.2) is 28.6 Å². The second-order valence-corrected chi connectivity index (χ2v) is 7.47. The first-order valence-corrected chi connectivity index (χ1v) is 9.50. The van der Waals surface area contributed by atoms with Crippen molar-refractivity contribution in [2.75, 3.05) is 19.8 Å². The number of rotatable bonds is 3. The molecule has 0 radical (unpaired) electrons. The lowest BCUT2D eigenvalue weighted by molar-refractivity contribution is -0.135. The summed E-state index contributed by atoms with van der Waals surface area (Å²) in [6, 6.07) is -0.334. The van der Waals surface area contributed by atoms with Crippen LogP contribution in [-0.4, -0.2) is 50.5 Å². The van der Waals surface area contributed by atoms with Crippen LogP contribution in [0.5, 0.6) is 0 Å². The van der Waals surface area contributed by atoms with Gasteiger partial charge in [0.25, 0.3) is 5.89 Å². The Kier molecular flexibility index (Phi) is 5.07. The van der Waals surface area contributed by atoms with E-state index in [1.807, 2.05) is 19.3 Å². The SMILES string of the molecule is CC1CCC(=CC(=O)N2CCOC[C@H]2c2noc(-c3cnn(C)c3)n2)CC1. The van der Waals surface area contributed by atoms with E-state index in [4.69, 9.17) is 9.26 Å². The summed E-state index contributed by atoms with van der Waals surface area (Å²) in [5.41, 5.74) is 2.00. The Labute approximate surface area is 158 Å². The minimum atomic E-state index is -0.334. The molecule has 1 aliphatic carbocycles. The van der Waals surface area contributed by atoms with E-state index >= 15 is 0 Å². The van der Waals surface area contributed by atoms with Crippen molar-refractivity contribution >= 4 is 5.91 Å². The molecule has 8 heteroatoms. The normalized spacial score (nSPS) is 23.5. The Morgan fingerprint density at radius 1 is 1.33 bits per heavy atom. The standard InChI is InChI=1S/C19H25N5O3/c1-13-3-5-14(6-4-13)9-17(25)24-7-8-26-12-16(24)18-21-19(27-22-18)15-10-20-23(2)11-15/h9-11,13,16H,3-8,12H2,1-2H3/t13?,16-/m0/s1. The van der Waals surface area contributed by atoms with Crippen molar-refractivity contribution in [1.29, 1.82) is 0 Å². The Balaban J connectivity index is 1.51. The number of amides is 1. The first-order valence-electron chi connectivity index (χ1n) is 9.50. The maximum atomic E-state index is 12.9. The third-order valence-electron chi connectivity index (χ3n) is 5.35. The second-order valence-electron chi connectivity index (χ2n) is 7.47. The fourth-order valence-electron chi connectivity index (χ4n) is 3.64. The van der Waals surface area contributed by atoms with Gasteiger partial charge in [0.05, 0.1) is 25.0 Å². The minimum Gasteiger partial charge on any atom is -0.377 e. The van der Waals surface area contributed by atoms with Crippen LogP contribution >= 0.6 is 0 Å². The molecule has 4 rings (SSSR count). The van der Waals surface area contributed by atoms with Gasteiger partial charge < -0.3 is 14.2 Å². The van der Waals surface area contributed by atoms with Crippen LogP contribution in [0.1, 0.15) is 44.5 Å². The van der Waals surface area contributed by atoms with E-state index in [9.17, 15) is 4.79 Å². The maximum absolute atomic E-state index is 12.9. The molecule has 8 nitrogen and oxygen atoms in total. The Morgan fingerprint density at radius 3 is 2.89 bits per heavy atom. The number of morpholine rings is 1. The van der Waals surface area contributed by atoms with Crippen molar-refractivity contribution in [3.05, 3.63) is 29.9 Å². The average molecular weight is 371 g/mol. The zero-order valence-corrected chi connectivity index (χ0v) is 15.8. The van der Waals surface area contributed by atoms with Gasteiger partial charge in [0, 0.05) is 25.9 Å². The van der Waals surface area contributed by atoms with E-state index < -0.39 is 0 Å². The molecule has 2 fully saturated rings. The molecule has 0 unspecified atom stereocenters. The largest absolute Gasteiger partial charge is 0.377 e. The molecule has 2 aliphatic rings. The highest BCUT2D eigenvalue weighted by Crippen LogP contribution is 2.29. The van der Waals surface area contributed by atoms with Crippen LogP contribution < -0.4 is 0 Å². The molecule has 1 amide bonds. The molecule has 1 saturated carbocycles. The van der Waals surface area contributed by atoms with Gasteiger partial charge in [0.2, 0.25) is 5.91 Å². The Morgan fingerprint density at radius 2 is 2.15 bits per heavy atom.